The molecular weight excluding hydrogens is 576 g/mol. The summed E-state index contributed by atoms with van der Waals surface area (Å²) in [6.07, 6.45) is 11.0. The lowest BCUT2D eigenvalue weighted by Crippen LogP contribution is -2.43. The fourth-order valence-corrected chi connectivity index (χ4v) is 6.42. The quantitative estimate of drug-likeness (QED) is 0.140. The highest BCUT2D eigenvalue weighted by Gasteiger charge is 2.23. The van der Waals surface area contributed by atoms with E-state index in [2.05, 4.69) is 58.5 Å². The summed E-state index contributed by atoms with van der Waals surface area (Å²) in [4.78, 5) is 30.0. The van der Waals surface area contributed by atoms with Gasteiger partial charge in [0.2, 0.25) is 11.8 Å². The summed E-state index contributed by atoms with van der Waals surface area (Å²) in [5.74, 6) is 2.21. The van der Waals surface area contributed by atoms with E-state index in [9.17, 15) is 9.59 Å². The molecule has 46 heavy (non-hydrogen) atoms. The number of methoxy groups -OCH3 is 2. The summed E-state index contributed by atoms with van der Waals surface area (Å²) >= 11 is 0. The molecule has 2 amide bonds. The van der Waals surface area contributed by atoms with E-state index in [4.69, 9.17) is 9.47 Å². The van der Waals surface area contributed by atoms with Gasteiger partial charge >= 0.3 is 0 Å². The Bertz CT molecular complexity index is 1060. The first kappa shape index (κ1) is 37.4. The van der Waals surface area contributed by atoms with Crippen molar-refractivity contribution in [2.75, 3.05) is 40.4 Å². The third-order valence-corrected chi connectivity index (χ3v) is 9.28. The first-order valence-electron chi connectivity index (χ1n) is 17.7. The summed E-state index contributed by atoms with van der Waals surface area (Å²) in [6, 6.07) is 16.9. The van der Waals surface area contributed by atoms with Gasteiger partial charge in [0.15, 0.2) is 0 Å². The Morgan fingerprint density at radius 3 is 1.39 bits per heavy atom. The first-order valence-corrected chi connectivity index (χ1v) is 17.7. The van der Waals surface area contributed by atoms with Crippen molar-refractivity contribution in [2.24, 2.45) is 0 Å². The molecule has 0 aromatic heterocycles. The number of carbonyl (C=O) groups is 2. The van der Waals surface area contributed by atoms with E-state index in [0.29, 0.717) is 12.8 Å². The van der Waals surface area contributed by atoms with Crippen LogP contribution in [0.4, 0.5) is 0 Å². The molecule has 0 radical (unpaired) electrons. The van der Waals surface area contributed by atoms with Crippen LogP contribution >= 0.6 is 0 Å². The zero-order valence-electron chi connectivity index (χ0n) is 29.0. The van der Waals surface area contributed by atoms with Crippen molar-refractivity contribution < 1.29 is 19.1 Å². The Balaban J connectivity index is 1.20. The summed E-state index contributed by atoms with van der Waals surface area (Å²) in [5.41, 5.74) is 2.43. The van der Waals surface area contributed by atoms with Crippen molar-refractivity contribution in [3.63, 3.8) is 0 Å². The molecule has 0 unspecified atom stereocenters. The van der Waals surface area contributed by atoms with Gasteiger partial charge in [0.05, 0.1) is 14.2 Å². The fourth-order valence-electron chi connectivity index (χ4n) is 6.42. The number of rotatable bonds is 22. The Morgan fingerprint density at radius 1 is 0.630 bits per heavy atom. The molecule has 256 valence electrons. The Hall–Kier alpha value is -3.10. The number of nitrogens with zero attached hydrogens (tertiary/aromatic N) is 2. The monoisotopic (exact) mass is 636 g/mol. The molecule has 1 aliphatic carbocycles. The highest BCUT2D eigenvalue weighted by molar-refractivity contribution is 5.76. The van der Waals surface area contributed by atoms with Crippen LogP contribution in [0.15, 0.2) is 48.5 Å². The van der Waals surface area contributed by atoms with Crippen LogP contribution in [-0.4, -0.2) is 74.1 Å². The maximum atomic E-state index is 12.6. The van der Waals surface area contributed by atoms with Gasteiger partial charge < -0.3 is 20.1 Å². The zero-order chi connectivity index (χ0) is 33.0. The van der Waals surface area contributed by atoms with Crippen LogP contribution in [0, 0.1) is 0 Å². The standard InChI is InChI=1S/C38H60N4O4/c1-5-41(29-31-17-11-13-19-35(31)45-3)27-15-7-9-21-37(43)39-33-23-25-34(26-24-33)40-38(44)22-10-8-16-28-42(6-2)30-32-18-12-14-20-36(32)46-4/h11-14,17-20,33-34H,5-10,15-16,21-30H2,1-4H3,(H,39,43)(H,40,44). The van der Waals surface area contributed by atoms with Crippen LogP contribution in [0.25, 0.3) is 0 Å². The van der Waals surface area contributed by atoms with Crippen LogP contribution in [-0.2, 0) is 22.7 Å². The molecule has 1 aliphatic rings. The molecule has 1 fully saturated rings. The summed E-state index contributed by atoms with van der Waals surface area (Å²) in [6.45, 7) is 10.2. The number of nitrogens with one attached hydrogen (secondary N) is 2. The smallest absolute Gasteiger partial charge is 0.220 e. The van der Waals surface area contributed by atoms with Gasteiger partial charge in [0, 0.05) is 49.1 Å². The lowest BCUT2D eigenvalue weighted by atomic mass is 9.91. The number of ether oxygens (including phenoxy) is 2. The van der Waals surface area contributed by atoms with Crippen LogP contribution < -0.4 is 20.1 Å². The number of amides is 2. The van der Waals surface area contributed by atoms with Crippen molar-refractivity contribution in [1.82, 2.24) is 20.4 Å². The van der Waals surface area contributed by atoms with E-state index in [0.717, 1.165) is 115 Å². The third-order valence-electron chi connectivity index (χ3n) is 9.28. The van der Waals surface area contributed by atoms with Crippen LogP contribution in [0.1, 0.15) is 102 Å². The molecule has 0 atom stereocenters. The van der Waals surface area contributed by atoms with Gasteiger partial charge in [-0.25, -0.2) is 0 Å². The SMILES string of the molecule is CCN(CCCCCC(=O)NC1CCC(NC(=O)CCCCCN(CC)Cc2ccccc2OC)CC1)Cc1ccccc1OC. The molecule has 8 nitrogen and oxygen atoms in total. The molecule has 3 rings (SSSR count). The minimum absolute atomic E-state index is 0.165. The minimum atomic E-state index is 0.165. The largest absolute Gasteiger partial charge is 0.496 e. The molecule has 0 heterocycles. The molecule has 2 N–H and O–H groups in total. The van der Waals surface area contributed by atoms with E-state index < -0.39 is 0 Å². The minimum Gasteiger partial charge on any atom is -0.496 e. The van der Waals surface area contributed by atoms with Gasteiger partial charge in [-0.1, -0.05) is 63.1 Å². The Kier molecular flexibility index (Phi) is 17.6. The third kappa shape index (κ3) is 13.7. The Morgan fingerprint density at radius 2 is 1.02 bits per heavy atom. The number of benzene rings is 2. The lowest BCUT2D eigenvalue weighted by Gasteiger charge is -2.29. The van der Waals surface area contributed by atoms with Gasteiger partial charge in [0.1, 0.15) is 11.5 Å². The van der Waals surface area contributed by atoms with Crippen molar-refractivity contribution in [3.05, 3.63) is 59.7 Å². The molecule has 0 bridgehead atoms. The normalized spacial score (nSPS) is 16.4. The molecule has 1 saturated carbocycles. The van der Waals surface area contributed by atoms with Crippen molar-refractivity contribution >= 4 is 11.8 Å². The van der Waals surface area contributed by atoms with Gasteiger partial charge in [-0.2, -0.15) is 0 Å². The predicted octanol–water partition coefficient (Wildman–Crippen LogP) is 6.71. The average Bonchev–Trinajstić information content (AvgIpc) is 3.08. The van der Waals surface area contributed by atoms with Crippen molar-refractivity contribution in [2.45, 2.75) is 116 Å². The molecule has 2 aromatic carbocycles. The zero-order valence-corrected chi connectivity index (χ0v) is 29.0. The second kappa shape index (κ2) is 21.6. The summed E-state index contributed by atoms with van der Waals surface area (Å²) in [5, 5.41) is 6.49. The predicted molar refractivity (Wildman–Crippen MR) is 187 cm³/mol. The van der Waals surface area contributed by atoms with Gasteiger partial charge in [-0.05, 0) is 89.7 Å². The number of carbonyl (C=O) groups excluding carboxylic acids is 2. The maximum absolute atomic E-state index is 12.6. The lowest BCUT2D eigenvalue weighted by molar-refractivity contribution is -0.123. The van der Waals surface area contributed by atoms with Crippen LogP contribution in [0.2, 0.25) is 0 Å². The molecular formula is C38H60N4O4. The topological polar surface area (TPSA) is 83.1 Å². The highest BCUT2D eigenvalue weighted by Crippen LogP contribution is 2.22. The fraction of sp³-hybridized carbons (Fsp3) is 0.632. The molecule has 2 aromatic rings. The van der Waals surface area contributed by atoms with Crippen molar-refractivity contribution in [3.8, 4) is 11.5 Å². The van der Waals surface area contributed by atoms with E-state index in [1.807, 2.05) is 24.3 Å². The molecule has 0 spiro atoms. The van der Waals surface area contributed by atoms with E-state index in [-0.39, 0.29) is 23.9 Å². The van der Waals surface area contributed by atoms with E-state index >= 15 is 0 Å². The second-order valence-corrected chi connectivity index (χ2v) is 12.7. The number of hydrogen-bond donors (Lipinski definition) is 2. The second-order valence-electron chi connectivity index (χ2n) is 12.7. The number of hydrogen-bond acceptors (Lipinski definition) is 6. The highest BCUT2D eigenvalue weighted by atomic mass is 16.5. The van der Waals surface area contributed by atoms with Gasteiger partial charge in [0.25, 0.3) is 0 Å². The summed E-state index contributed by atoms with van der Waals surface area (Å²) in [7, 11) is 3.45. The maximum Gasteiger partial charge on any atom is 0.220 e. The number of unbranched alkanes of at least 4 members (excludes halogenated alkanes) is 4. The molecule has 0 aliphatic heterocycles. The van der Waals surface area contributed by atoms with E-state index in [1.165, 1.54) is 11.1 Å². The molecule has 0 saturated heterocycles. The van der Waals surface area contributed by atoms with Crippen molar-refractivity contribution in [1.29, 1.82) is 0 Å². The average molecular weight is 637 g/mol. The van der Waals surface area contributed by atoms with Gasteiger partial charge in [-0.3, -0.25) is 19.4 Å². The Labute approximate surface area is 278 Å². The first-order chi connectivity index (χ1) is 22.4. The molecule has 8 heteroatoms. The summed E-state index contributed by atoms with van der Waals surface area (Å²) < 4.78 is 11.0. The van der Waals surface area contributed by atoms with E-state index in [1.54, 1.807) is 14.2 Å². The number of para-hydroxylation sites is 2. The van der Waals surface area contributed by atoms with Crippen LogP contribution in [0.3, 0.4) is 0 Å². The van der Waals surface area contributed by atoms with Crippen LogP contribution in [0.5, 0.6) is 11.5 Å². The van der Waals surface area contributed by atoms with Gasteiger partial charge in [-0.15, -0.1) is 0 Å².